The summed E-state index contributed by atoms with van der Waals surface area (Å²) in [5.41, 5.74) is -0.665. The number of carbonyl (C=O) groups is 2. The Balaban J connectivity index is 1.55. The summed E-state index contributed by atoms with van der Waals surface area (Å²) in [5.74, 6) is -0.469. The second-order valence-electron chi connectivity index (χ2n) is 9.07. The van der Waals surface area contributed by atoms with Crippen LogP contribution >= 0.6 is 11.8 Å². The molecule has 154 valence electrons. The molecule has 0 aromatic rings. The number of amidine groups is 1. The molecule has 0 aromatic carbocycles. The molecule has 0 radical (unpaired) electrons. The largest absolute Gasteiger partial charge is 0.481 e. The first-order chi connectivity index (χ1) is 13.3. The Morgan fingerprint density at radius 1 is 1.29 bits per heavy atom. The molecule has 3 aliphatic heterocycles. The van der Waals surface area contributed by atoms with Crippen LogP contribution in [0.25, 0.3) is 0 Å². The van der Waals surface area contributed by atoms with Crippen molar-refractivity contribution < 1.29 is 19.1 Å². The van der Waals surface area contributed by atoms with Gasteiger partial charge in [-0.1, -0.05) is 31.0 Å². The fourth-order valence-corrected chi connectivity index (χ4v) is 6.16. The van der Waals surface area contributed by atoms with Crippen molar-refractivity contribution in [2.45, 2.75) is 81.7 Å². The summed E-state index contributed by atoms with van der Waals surface area (Å²) in [5, 5.41) is 0.766. The Hall–Kier alpha value is -1.34. The minimum absolute atomic E-state index is 0.0658. The number of hydrogen-bond acceptors (Lipinski definition) is 5. The lowest BCUT2D eigenvalue weighted by molar-refractivity contribution is -0.129. The number of thioether (sulfide) groups is 1. The van der Waals surface area contributed by atoms with Gasteiger partial charge < -0.3 is 14.4 Å². The summed E-state index contributed by atoms with van der Waals surface area (Å²) < 4.78 is 11.7. The van der Waals surface area contributed by atoms with Crippen LogP contribution in [-0.4, -0.2) is 57.9 Å². The minimum atomic E-state index is -0.665. The predicted molar refractivity (Wildman–Crippen MR) is 109 cm³/mol. The molecular formula is C21H30N2O4S. The maximum Gasteiger partial charge on any atom is 0.314 e. The fourth-order valence-electron chi connectivity index (χ4n) is 4.66. The normalized spacial score (nSPS) is 30.6. The van der Waals surface area contributed by atoms with Crippen LogP contribution in [-0.2, 0) is 19.1 Å². The highest BCUT2D eigenvalue weighted by Gasteiger charge is 2.44. The first-order valence-corrected chi connectivity index (χ1v) is 11.3. The van der Waals surface area contributed by atoms with Gasteiger partial charge in [-0.25, -0.2) is 0 Å². The van der Waals surface area contributed by atoms with E-state index in [-0.39, 0.29) is 28.8 Å². The molecule has 0 bridgehead atoms. The van der Waals surface area contributed by atoms with E-state index >= 15 is 0 Å². The number of allylic oxidation sites excluding steroid dienone is 1. The van der Waals surface area contributed by atoms with Gasteiger partial charge in [0.2, 0.25) is 0 Å². The van der Waals surface area contributed by atoms with Crippen molar-refractivity contribution in [3.8, 4) is 0 Å². The number of ketones is 1. The molecule has 1 saturated carbocycles. The number of carbonyl (C=O) groups excluding carboxylic acids is 2. The van der Waals surface area contributed by atoms with Crippen molar-refractivity contribution in [2.24, 2.45) is 4.99 Å². The van der Waals surface area contributed by atoms with E-state index in [1.165, 1.54) is 25.3 Å². The van der Waals surface area contributed by atoms with E-state index in [4.69, 9.17) is 9.47 Å². The van der Waals surface area contributed by atoms with Gasteiger partial charge in [-0.15, -0.1) is 0 Å². The maximum atomic E-state index is 12.8. The number of hydrogen-bond donors (Lipinski definition) is 0. The number of nitrogens with zero attached hydrogens (tertiary/aromatic N) is 2. The van der Waals surface area contributed by atoms with E-state index in [1.54, 1.807) is 11.8 Å². The second-order valence-corrected chi connectivity index (χ2v) is 10.5. The van der Waals surface area contributed by atoms with Crippen LogP contribution in [0.5, 0.6) is 0 Å². The van der Waals surface area contributed by atoms with Crippen LogP contribution in [0, 0.1) is 0 Å². The highest BCUT2D eigenvalue weighted by Crippen LogP contribution is 2.46. The number of rotatable bonds is 3. The highest BCUT2D eigenvalue weighted by atomic mass is 32.2. The SMILES string of the molecule is CC1(C)CC(=O)C=C(C(=O)N=C2SC3(CCCCC3)CN2C[C@@H]2CCCO2)O1. The zero-order chi connectivity index (χ0) is 19.8. The summed E-state index contributed by atoms with van der Waals surface area (Å²) in [7, 11) is 0. The molecule has 1 amide bonds. The molecule has 3 heterocycles. The highest BCUT2D eigenvalue weighted by molar-refractivity contribution is 8.15. The minimum Gasteiger partial charge on any atom is -0.481 e. The Labute approximate surface area is 171 Å². The molecule has 0 aromatic heterocycles. The molecule has 1 spiro atoms. The molecule has 4 aliphatic rings. The van der Waals surface area contributed by atoms with E-state index < -0.39 is 11.5 Å². The summed E-state index contributed by atoms with van der Waals surface area (Å²) in [6, 6.07) is 0. The van der Waals surface area contributed by atoms with Gasteiger partial charge in [0, 0.05) is 36.9 Å². The summed E-state index contributed by atoms with van der Waals surface area (Å²) >= 11 is 1.75. The van der Waals surface area contributed by atoms with Crippen molar-refractivity contribution in [2.75, 3.05) is 19.7 Å². The average Bonchev–Trinajstić information content (AvgIpc) is 3.23. The molecule has 1 aliphatic carbocycles. The van der Waals surface area contributed by atoms with Gasteiger partial charge in [0.15, 0.2) is 16.7 Å². The summed E-state index contributed by atoms with van der Waals surface area (Å²) in [6.07, 6.45) is 10.0. The number of ether oxygens (including phenoxy) is 2. The monoisotopic (exact) mass is 406 g/mol. The zero-order valence-electron chi connectivity index (χ0n) is 16.9. The topological polar surface area (TPSA) is 68.2 Å². The molecular weight excluding hydrogens is 376 g/mol. The third kappa shape index (κ3) is 4.46. The number of amides is 1. The van der Waals surface area contributed by atoms with E-state index in [9.17, 15) is 9.59 Å². The molecule has 3 fully saturated rings. The van der Waals surface area contributed by atoms with Gasteiger partial charge in [0.25, 0.3) is 0 Å². The van der Waals surface area contributed by atoms with Gasteiger partial charge in [0.05, 0.1) is 6.10 Å². The summed E-state index contributed by atoms with van der Waals surface area (Å²) in [6.45, 7) is 6.17. The molecule has 28 heavy (non-hydrogen) atoms. The molecule has 0 unspecified atom stereocenters. The van der Waals surface area contributed by atoms with Crippen LogP contribution in [0.1, 0.15) is 65.2 Å². The van der Waals surface area contributed by atoms with Crippen molar-refractivity contribution in [3.63, 3.8) is 0 Å². The van der Waals surface area contributed by atoms with Crippen molar-refractivity contribution in [3.05, 3.63) is 11.8 Å². The van der Waals surface area contributed by atoms with Crippen LogP contribution < -0.4 is 0 Å². The van der Waals surface area contributed by atoms with Gasteiger partial charge in [0.1, 0.15) is 5.60 Å². The van der Waals surface area contributed by atoms with Crippen LogP contribution in [0.15, 0.2) is 16.8 Å². The molecule has 7 heteroatoms. The lowest BCUT2D eigenvalue weighted by Gasteiger charge is -2.31. The van der Waals surface area contributed by atoms with E-state index in [0.717, 1.165) is 50.5 Å². The molecule has 1 atom stereocenters. The molecule has 6 nitrogen and oxygen atoms in total. The number of aliphatic imine (C=N–C) groups is 1. The predicted octanol–water partition coefficient (Wildman–Crippen LogP) is 3.45. The van der Waals surface area contributed by atoms with Crippen LogP contribution in [0.4, 0.5) is 0 Å². The Morgan fingerprint density at radius 2 is 2.07 bits per heavy atom. The van der Waals surface area contributed by atoms with Crippen molar-refractivity contribution in [1.82, 2.24) is 4.90 Å². The Morgan fingerprint density at radius 3 is 2.75 bits per heavy atom. The summed E-state index contributed by atoms with van der Waals surface area (Å²) in [4.78, 5) is 31.5. The van der Waals surface area contributed by atoms with E-state index in [1.807, 2.05) is 13.8 Å². The Bertz CT molecular complexity index is 703. The molecule has 0 N–H and O–H groups in total. The van der Waals surface area contributed by atoms with Gasteiger partial charge in [-0.3, -0.25) is 9.59 Å². The third-order valence-electron chi connectivity index (χ3n) is 5.96. The van der Waals surface area contributed by atoms with Crippen molar-refractivity contribution in [1.29, 1.82) is 0 Å². The van der Waals surface area contributed by atoms with Crippen LogP contribution in [0.3, 0.4) is 0 Å². The Kier molecular flexibility index (Phi) is 5.58. The van der Waals surface area contributed by atoms with E-state index in [2.05, 4.69) is 9.89 Å². The van der Waals surface area contributed by atoms with Crippen molar-refractivity contribution >= 4 is 28.6 Å². The third-order valence-corrected chi connectivity index (χ3v) is 7.46. The first-order valence-electron chi connectivity index (χ1n) is 10.5. The quantitative estimate of drug-likeness (QED) is 0.715. The van der Waals surface area contributed by atoms with Crippen LogP contribution in [0.2, 0.25) is 0 Å². The zero-order valence-corrected chi connectivity index (χ0v) is 17.7. The van der Waals surface area contributed by atoms with Gasteiger partial charge in [-0.05, 0) is 39.5 Å². The molecule has 4 rings (SSSR count). The lowest BCUT2D eigenvalue weighted by Crippen LogP contribution is -2.38. The van der Waals surface area contributed by atoms with Gasteiger partial charge in [-0.2, -0.15) is 4.99 Å². The molecule has 2 saturated heterocycles. The van der Waals surface area contributed by atoms with Gasteiger partial charge >= 0.3 is 5.91 Å². The average molecular weight is 407 g/mol. The first kappa shape index (κ1) is 20.0. The van der Waals surface area contributed by atoms with E-state index in [0.29, 0.717) is 0 Å². The maximum absolute atomic E-state index is 12.8. The lowest BCUT2D eigenvalue weighted by atomic mass is 9.88. The standard InChI is InChI=1S/C21H30N2O4S/c1-20(2)12-15(24)11-17(27-20)18(25)22-19-23(13-16-7-6-10-26-16)14-21(28-19)8-4-3-5-9-21/h11,16H,3-10,12-14H2,1-2H3/t16-/m0/s1. The fraction of sp³-hybridized carbons (Fsp3) is 0.762. The second kappa shape index (κ2) is 7.82. The smallest absolute Gasteiger partial charge is 0.314 e.